The minimum atomic E-state index is -1.51. The van der Waals surface area contributed by atoms with Gasteiger partial charge in [-0.25, -0.2) is 4.79 Å². The zero-order valence-electron chi connectivity index (χ0n) is 41.9. The second kappa shape index (κ2) is 46.5. The zero-order valence-corrected chi connectivity index (χ0v) is 41.9. The predicted molar refractivity (Wildman–Crippen MR) is 267 cm³/mol. The van der Waals surface area contributed by atoms with Crippen LogP contribution in [0.5, 0.6) is 0 Å². The van der Waals surface area contributed by atoms with Crippen molar-refractivity contribution in [2.75, 3.05) is 47.5 Å². The van der Waals surface area contributed by atoms with E-state index in [1.807, 2.05) is 21.1 Å². The number of nitrogens with zero attached hydrogens (tertiary/aromatic N) is 1. The van der Waals surface area contributed by atoms with E-state index in [2.05, 4.69) is 74.6 Å². The maximum Gasteiger partial charge on any atom is 0.361 e. The Morgan fingerprint density at radius 2 is 0.891 bits per heavy atom. The molecular weight excluding hydrogens is 803 g/mol. The number of carbonyl (C=O) groups excluding carboxylic acids is 2. The van der Waals surface area contributed by atoms with Gasteiger partial charge in [0.2, 0.25) is 0 Å². The van der Waals surface area contributed by atoms with Crippen LogP contribution in [0.2, 0.25) is 0 Å². The lowest BCUT2D eigenvalue weighted by atomic mass is 10.0. The first-order valence-corrected chi connectivity index (χ1v) is 26.0. The van der Waals surface area contributed by atoms with Gasteiger partial charge in [0, 0.05) is 12.8 Å². The number of rotatable bonds is 47. The quantitative estimate of drug-likeness (QED) is 0.0211. The number of ether oxygens (including phenoxy) is 4. The van der Waals surface area contributed by atoms with Crippen LogP contribution >= 0.6 is 0 Å². The van der Waals surface area contributed by atoms with Gasteiger partial charge in [-0.15, -0.1) is 0 Å². The molecule has 9 nitrogen and oxygen atoms in total. The Balaban J connectivity index is 4.17. The number of aliphatic carboxylic acids is 1. The standard InChI is InChI=1S/C55H97NO8/c1-6-8-10-12-14-16-18-19-20-21-22-23-24-25-26-27-28-29-30-31-32-33-34-35-36-38-40-42-44-46-53(58)64-51(50-63-55(54(59)60)61-48-47-56(3,4)5)49-62-52(57)45-43-41-39-37-17-15-13-11-9-7-2/h8,10,14,16,19-20,22-23,25-26,51,55H,6-7,9,11-13,15,17-18,21,24,27-50H2,1-5H3/p+1/b10-8-,16-14-,20-19-,23-22-,26-25-. The number of likely N-dealkylation sites (N-methyl/N-ethyl adjacent to an activating group) is 1. The van der Waals surface area contributed by atoms with Gasteiger partial charge in [0.05, 0.1) is 34.4 Å². The molecule has 2 unspecified atom stereocenters. The van der Waals surface area contributed by atoms with Crippen LogP contribution in [0.4, 0.5) is 0 Å². The summed E-state index contributed by atoms with van der Waals surface area (Å²) in [7, 11) is 5.96. The van der Waals surface area contributed by atoms with Crippen molar-refractivity contribution < 1.29 is 42.9 Å². The molecule has 9 heteroatoms. The average Bonchev–Trinajstić information content (AvgIpc) is 3.26. The summed E-state index contributed by atoms with van der Waals surface area (Å²) < 4.78 is 22.8. The summed E-state index contributed by atoms with van der Waals surface area (Å²) in [6.45, 7) is 4.75. The van der Waals surface area contributed by atoms with Gasteiger partial charge in [-0.2, -0.15) is 0 Å². The first kappa shape index (κ1) is 61.0. The van der Waals surface area contributed by atoms with Gasteiger partial charge >= 0.3 is 17.9 Å². The highest BCUT2D eigenvalue weighted by atomic mass is 16.7. The fourth-order valence-electron chi connectivity index (χ4n) is 7.04. The molecule has 0 aliphatic carbocycles. The Bertz CT molecular complexity index is 1230. The van der Waals surface area contributed by atoms with Gasteiger partial charge in [-0.3, -0.25) is 9.59 Å². The van der Waals surface area contributed by atoms with E-state index in [1.54, 1.807) is 0 Å². The monoisotopic (exact) mass is 901 g/mol. The highest BCUT2D eigenvalue weighted by Gasteiger charge is 2.25. The van der Waals surface area contributed by atoms with E-state index >= 15 is 0 Å². The Morgan fingerprint density at radius 1 is 0.484 bits per heavy atom. The third kappa shape index (κ3) is 47.0. The molecule has 0 aliphatic heterocycles. The van der Waals surface area contributed by atoms with Crippen LogP contribution < -0.4 is 0 Å². The van der Waals surface area contributed by atoms with Crippen LogP contribution in [0.25, 0.3) is 0 Å². The Labute approximate surface area is 393 Å². The molecule has 0 saturated heterocycles. The van der Waals surface area contributed by atoms with Crippen molar-refractivity contribution in [1.82, 2.24) is 0 Å². The summed E-state index contributed by atoms with van der Waals surface area (Å²) in [6, 6.07) is 0. The van der Waals surface area contributed by atoms with E-state index in [9.17, 15) is 19.5 Å². The highest BCUT2D eigenvalue weighted by Crippen LogP contribution is 2.15. The van der Waals surface area contributed by atoms with Crippen molar-refractivity contribution in [3.05, 3.63) is 60.8 Å². The third-order valence-corrected chi connectivity index (χ3v) is 11.0. The van der Waals surface area contributed by atoms with Crippen LogP contribution in [-0.4, -0.2) is 87.4 Å². The topological polar surface area (TPSA) is 108 Å². The van der Waals surface area contributed by atoms with Crippen LogP contribution in [-0.2, 0) is 33.3 Å². The summed E-state index contributed by atoms with van der Waals surface area (Å²) in [4.78, 5) is 37.2. The van der Waals surface area contributed by atoms with Gasteiger partial charge in [0.25, 0.3) is 6.29 Å². The van der Waals surface area contributed by atoms with E-state index in [4.69, 9.17) is 18.9 Å². The molecule has 0 heterocycles. The highest BCUT2D eigenvalue weighted by molar-refractivity contribution is 5.71. The Morgan fingerprint density at radius 3 is 1.33 bits per heavy atom. The van der Waals surface area contributed by atoms with E-state index in [0.717, 1.165) is 70.6 Å². The zero-order chi connectivity index (χ0) is 47.0. The fourth-order valence-corrected chi connectivity index (χ4v) is 7.04. The summed E-state index contributed by atoms with van der Waals surface area (Å²) >= 11 is 0. The molecule has 0 aliphatic rings. The molecule has 0 saturated carbocycles. The van der Waals surface area contributed by atoms with Gasteiger partial charge in [0.15, 0.2) is 6.10 Å². The number of unbranched alkanes of at least 4 members (excludes halogenated alkanes) is 22. The second-order valence-corrected chi connectivity index (χ2v) is 18.5. The van der Waals surface area contributed by atoms with E-state index < -0.39 is 24.3 Å². The van der Waals surface area contributed by atoms with Crippen LogP contribution in [0, 0.1) is 0 Å². The molecule has 64 heavy (non-hydrogen) atoms. The molecule has 0 bridgehead atoms. The average molecular weight is 901 g/mol. The van der Waals surface area contributed by atoms with Crippen molar-refractivity contribution in [3.63, 3.8) is 0 Å². The largest absolute Gasteiger partial charge is 0.477 e. The molecule has 0 aromatic rings. The van der Waals surface area contributed by atoms with E-state index in [1.165, 1.54) is 116 Å². The Kier molecular flexibility index (Phi) is 44.3. The van der Waals surface area contributed by atoms with Crippen molar-refractivity contribution in [2.24, 2.45) is 0 Å². The minimum Gasteiger partial charge on any atom is -0.477 e. The SMILES string of the molecule is CC/C=C\C/C=C\C/C=C\C/C=C\C/C=C\CCCCCCCCCCCCCCCC(=O)OC(COC(=O)CCCCCCCCCCCC)COC(OCC[N+](C)(C)C)C(=O)O. The normalized spacial score (nSPS) is 13.3. The molecule has 0 aromatic carbocycles. The number of carboxylic acid groups (broad SMARTS) is 1. The summed E-state index contributed by atoms with van der Waals surface area (Å²) in [5.41, 5.74) is 0. The van der Waals surface area contributed by atoms with Crippen LogP contribution in [0.1, 0.15) is 213 Å². The van der Waals surface area contributed by atoms with Gasteiger partial charge in [-0.05, 0) is 57.8 Å². The molecular formula is C55H98NO8+. The summed E-state index contributed by atoms with van der Waals surface area (Å²) in [6.07, 6.45) is 54.4. The first-order valence-electron chi connectivity index (χ1n) is 26.0. The molecule has 1 N–H and O–H groups in total. The van der Waals surface area contributed by atoms with E-state index in [0.29, 0.717) is 17.4 Å². The molecule has 0 amide bonds. The maximum atomic E-state index is 12.8. The number of hydrogen-bond donors (Lipinski definition) is 1. The number of esters is 2. The molecule has 0 aromatic heterocycles. The molecule has 0 fully saturated rings. The first-order chi connectivity index (χ1) is 31.1. The van der Waals surface area contributed by atoms with Gasteiger partial charge < -0.3 is 28.5 Å². The third-order valence-electron chi connectivity index (χ3n) is 11.0. The van der Waals surface area contributed by atoms with Crippen molar-refractivity contribution in [3.8, 4) is 0 Å². The number of carboxylic acids is 1. The van der Waals surface area contributed by atoms with Gasteiger partial charge in [0.1, 0.15) is 13.2 Å². The van der Waals surface area contributed by atoms with E-state index in [-0.39, 0.29) is 32.2 Å². The number of carbonyl (C=O) groups is 3. The molecule has 0 spiro atoms. The lowest BCUT2D eigenvalue weighted by Gasteiger charge is -2.25. The van der Waals surface area contributed by atoms with Crippen molar-refractivity contribution in [1.29, 1.82) is 0 Å². The minimum absolute atomic E-state index is 0.181. The summed E-state index contributed by atoms with van der Waals surface area (Å²) in [5.74, 6) is -2.01. The summed E-state index contributed by atoms with van der Waals surface area (Å²) in [5, 5.41) is 9.65. The molecule has 0 radical (unpaired) electrons. The van der Waals surface area contributed by atoms with Crippen molar-refractivity contribution in [2.45, 2.75) is 225 Å². The number of allylic oxidation sites excluding steroid dienone is 10. The lowest BCUT2D eigenvalue weighted by molar-refractivity contribution is -0.870. The maximum absolute atomic E-state index is 12.8. The van der Waals surface area contributed by atoms with Crippen LogP contribution in [0.3, 0.4) is 0 Å². The second-order valence-electron chi connectivity index (χ2n) is 18.5. The molecule has 2 atom stereocenters. The fraction of sp³-hybridized carbons (Fsp3) is 0.764. The predicted octanol–water partition coefficient (Wildman–Crippen LogP) is 14.5. The van der Waals surface area contributed by atoms with Gasteiger partial charge in [-0.1, -0.05) is 203 Å². The molecule has 0 rings (SSSR count). The smallest absolute Gasteiger partial charge is 0.361 e. The molecule has 370 valence electrons. The Hall–Kier alpha value is -3.01. The van der Waals surface area contributed by atoms with Crippen LogP contribution in [0.15, 0.2) is 60.8 Å². The number of quaternary nitrogens is 1. The lowest BCUT2D eigenvalue weighted by Crippen LogP contribution is -2.40. The number of hydrogen-bond acceptors (Lipinski definition) is 7. The van der Waals surface area contributed by atoms with Crippen molar-refractivity contribution >= 4 is 17.9 Å².